The van der Waals surface area contributed by atoms with E-state index in [-0.39, 0.29) is 5.82 Å². The summed E-state index contributed by atoms with van der Waals surface area (Å²) >= 11 is 5.86. The van der Waals surface area contributed by atoms with Crippen LogP contribution in [0.4, 0.5) is 4.39 Å². The zero-order valence-corrected chi connectivity index (χ0v) is 8.35. The molecule has 0 bridgehead atoms. The second-order valence-corrected chi connectivity index (χ2v) is 3.72. The normalized spacial score (nSPS) is 16.7. The predicted octanol–water partition coefficient (Wildman–Crippen LogP) is 1.97. The summed E-state index contributed by atoms with van der Waals surface area (Å²) in [4.78, 5) is 0. The highest BCUT2D eigenvalue weighted by Crippen LogP contribution is 2.18. The van der Waals surface area contributed by atoms with Gasteiger partial charge in [0.05, 0.1) is 19.3 Å². The minimum atomic E-state index is -0.259. The molecule has 2 nitrogen and oxygen atoms in total. The van der Waals surface area contributed by atoms with Gasteiger partial charge in [0, 0.05) is 17.1 Å². The van der Waals surface area contributed by atoms with Crippen molar-refractivity contribution in [3.8, 4) is 0 Å². The number of benzene rings is 1. The largest absolute Gasteiger partial charge is 0.378 e. The van der Waals surface area contributed by atoms with E-state index in [1.807, 2.05) is 0 Å². The smallest absolute Gasteiger partial charge is 0.129 e. The van der Waals surface area contributed by atoms with Gasteiger partial charge >= 0.3 is 0 Å². The van der Waals surface area contributed by atoms with Gasteiger partial charge in [0.2, 0.25) is 0 Å². The molecule has 1 aromatic carbocycles. The molecule has 0 saturated carbocycles. The van der Waals surface area contributed by atoms with Crippen molar-refractivity contribution in [2.45, 2.75) is 12.6 Å². The summed E-state index contributed by atoms with van der Waals surface area (Å²) in [7, 11) is 0. The first-order valence-corrected chi connectivity index (χ1v) is 4.89. The summed E-state index contributed by atoms with van der Waals surface area (Å²) in [5.41, 5.74) is 0.529. The Balaban J connectivity index is 2.00. The number of hydrogen-bond acceptors (Lipinski definition) is 2. The van der Waals surface area contributed by atoms with Crippen molar-refractivity contribution in [3.63, 3.8) is 0 Å². The first kappa shape index (κ1) is 9.90. The van der Waals surface area contributed by atoms with Crippen LogP contribution in [-0.2, 0) is 11.3 Å². The highest BCUT2D eigenvalue weighted by molar-refractivity contribution is 6.31. The van der Waals surface area contributed by atoms with Crippen LogP contribution in [0.5, 0.6) is 0 Å². The van der Waals surface area contributed by atoms with Gasteiger partial charge in [-0.15, -0.1) is 0 Å². The Bertz CT molecular complexity index is 308. The Hall–Kier alpha value is -0.640. The van der Waals surface area contributed by atoms with Crippen molar-refractivity contribution in [1.29, 1.82) is 0 Å². The molecular formula is C10H11ClFNO. The second-order valence-electron chi connectivity index (χ2n) is 3.32. The maximum atomic E-state index is 13.3. The molecule has 0 aromatic heterocycles. The number of halogens is 2. The van der Waals surface area contributed by atoms with E-state index in [2.05, 4.69) is 5.32 Å². The number of ether oxygens (including phenoxy) is 1. The van der Waals surface area contributed by atoms with Crippen molar-refractivity contribution in [2.24, 2.45) is 0 Å². The lowest BCUT2D eigenvalue weighted by Gasteiger charge is -2.27. The van der Waals surface area contributed by atoms with Gasteiger partial charge in [0.25, 0.3) is 0 Å². The lowest BCUT2D eigenvalue weighted by Crippen LogP contribution is -2.45. The van der Waals surface area contributed by atoms with Gasteiger partial charge in [-0.25, -0.2) is 4.39 Å². The topological polar surface area (TPSA) is 21.3 Å². The number of rotatable bonds is 3. The zero-order valence-electron chi connectivity index (χ0n) is 7.59. The van der Waals surface area contributed by atoms with Crippen LogP contribution in [0.1, 0.15) is 5.56 Å². The van der Waals surface area contributed by atoms with Gasteiger partial charge in [0.1, 0.15) is 5.82 Å². The van der Waals surface area contributed by atoms with E-state index in [4.69, 9.17) is 16.3 Å². The maximum absolute atomic E-state index is 13.3. The second kappa shape index (κ2) is 4.26. The molecule has 1 aliphatic rings. The third kappa shape index (κ3) is 2.05. The Labute approximate surface area is 87.0 Å². The number of hydrogen-bond donors (Lipinski definition) is 1. The summed E-state index contributed by atoms with van der Waals surface area (Å²) in [6, 6.07) is 5.05. The van der Waals surface area contributed by atoms with Crippen molar-refractivity contribution < 1.29 is 9.13 Å². The molecule has 1 saturated heterocycles. The van der Waals surface area contributed by atoms with Crippen molar-refractivity contribution >= 4 is 11.6 Å². The summed E-state index contributed by atoms with van der Waals surface area (Å²) in [5.74, 6) is -0.259. The van der Waals surface area contributed by atoms with Crippen LogP contribution in [-0.4, -0.2) is 19.3 Å². The molecule has 4 heteroatoms. The molecule has 1 fully saturated rings. The summed E-state index contributed by atoms with van der Waals surface area (Å²) < 4.78 is 18.3. The van der Waals surface area contributed by atoms with E-state index < -0.39 is 0 Å². The van der Waals surface area contributed by atoms with E-state index in [1.165, 1.54) is 6.07 Å². The summed E-state index contributed by atoms with van der Waals surface area (Å²) in [6.45, 7) is 1.86. The molecule has 0 unspecified atom stereocenters. The third-order valence-corrected chi connectivity index (χ3v) is 2.62. The molecule has 1 heterocycles. The fraction of sp³-hybridized carbons (Fsp3) is 0.400. The van der Waals surface area contributed by atoms with Gasteiger partial charge in [-0.1, -0.05) is 17.7 Å². The molecule has 1 N–H and O–H groups in total. The zero-order chi connectivity index (χ0) is 9.97. The van der Waals surface area contributed by atoms with Crippen LogP contribution in [0.25, 0.3) is 0 Å². The molecule has 14 heavy (non-hydrogen) atoms. The van der Waals surface area contributed by atoms with Gasteiger partial charge in [-0.2, -0.15) is 0 Å². The van der Waals surface area contributed by atoms with E-state index in [1.54, 1.807) is 12.1 Å². The van der Waals surface area contributed by atoms with Crippen LogP contribution in [0.2, 0.25) is 5.02 Å². The van der Waals surface area contributed by atoms with Crippen LogP contribution in [0.15, 0.2) is 18.2 Å². The molecule has 0 spiro atoms. The van der Waals surface area contributed by atoms with Crippen molar-refractivity contribution in [3.05, 3.63) is 34.6 Å². The molecule has 1 aromatic rings. The molecule has 1 aliphatic heterocycles. The minimum Gasteiger partial charge on any atom is -0.378 e. The molecule has 0 radical (unpaired) electrons. The van der Waals surface area contributed by atoms with Gasteiger partial charge < -0.3 is 10.1 Å². The number of nitrogens with one attached hydrogen (secondary N) is 1. The van der Waals surface area contributed by atoms with E-state index in [0.29, 0.717) is 36.4 Å². The Morgan fingerprint density at radius 1 is 1.50 bits per heavy atom. The Morgan fingerprint density at radius 2 is 2.29 bits per heavy atom. The average Bonchev–Trinajstić information content (AvgIpc) is 2.07. The lowest BCUT2D eigenvalue weighted by atomic mass is 10.2. The highest BCUT2D eigenvalue weighted by atomic mass is 35.5. The molecule has 76 valence electrons. The van der Waals surface area contributed by atoms with Crippen LogP contribution >= 0.6 is 11.6 Å². The molecule has 0 atom stereocenters. The molecule has 0 amide bonds. The van der Waals surface area contributed by atoms with Crippen molar-refractivity contribution in [2.75, 3.05) is 13.2 Å². The fourth-order valence-corrected chi connectivity index (χ4v) is 1.53. The van der Waals surface area contributed by atoms with E-state index in [9.17, 15) is 4.39 Å². The maximum Gasteiger partial charge on any atom is 0.129 e. The van der Waals surface area contributed by atoms with Gasteiger partial charge in [-0.05, 0) is 12.1 Å². The summed E-state index contributed by atoms with van der Waals surface area (Å²) in [6.07, 6.45) is 0. The molecule has 0 aliphatic carbocycles. The fourth-order valence-electron chi connectivity index (χ4n) is 1.30. The third-order valence-electron chi connectivity index (χ3n) is 2.27. The van der Waals surface area contributed by atoms with Crippen molar-refractivity contribution in [1.82, 2.24) is 5.32 Å². The highest BCUT2D eigenvalue weighted by Gasteiger charge is 2.18. The lowest BCUT2D eigenvalue weighted by molar-refractivity contribution is -0.00588. The van der Waals surface area contributed by atoms with Crippen LogP contribution in [0.3, 0.4) is 0 Å². The Morgan fingerprint density at radius 3 is 2.86 bits per heavy atom. The molecule has 2 rings (SSSR count). The average molecular weight is 216 g/mol. The van der Waals surface area contributed by atoms with E-state index in [0.717, 1.165) is 0 Å². The first-order valence-electron chi connectivity index (χ1n) is 4.51. The van der Waals surface area contributed by atoms with Crippen LogP contribution in [0, 0.1) is 5.82 Å². The monoisotopic (exact) mass is 215 g/mol. The first-order chi connectivity index (χ1) is 6.77. The SMILES string of the molecule is Fc1cccc(Cl)c1CNC1COC1. The standard InChI is InChI=1S/C10H11ClFNO/c11-9-2-1-3-10(12)8(9)4-13-7-5-14-6-7/h1-3,7,13H,4-6H2. The van der Waals surface area contributed by atoms with E-state index >= 15 is 0 Å². The van der Waals surface area contributed by atoms with Gasteiger partial charge in [0.15, 0.2) is 0 Å². The quantitative estimate of drug-likeness (QED) is 0.833. The minimum absolute atomic E-state index is 0.259. The van der Waals surface area contributed by atoms with Crippen LogP contribution < -0.4 is 5.32 Å². The predicted molar refractivity (Wildman–Crippen MR) is 52.9 cm³/mol. The molecular weight excluding hydrogens is 205 g/mol. The Kier molecular flexibility index (Phi) is 3.01. The summed E-state index contributed by atoms with van der Waals surface area (Å²) in [5, 5.41) is 3.64. The van der Waals surface area contributed by atoms with Gasteiger partial charge in [-0.3, -0.25) is 0 Å².